The molecule has 0 aliphatic carbocycles. The fourth-order valence-electron chi connectivity index (χ4n) is 2.07. The molecule has 1 heterocycles. The first kappa shape index (κ1) is 15.4. The summed E-state index contributed by atoms with van der Waals surface area (Å²) >= 11 is 11.8. The van der Waals surface area contributed by atoms with Gasteiger partial charge in [0.05, 0.1) is 23.8 Å². The molecule has 0 spiro atoms. The van der Waals surface area contributed by atoms with E-state index in [2.05, 4.69) is 0 Å². The Kier molecular flexibility index (Phi) is 5.13. The zero-order valence-corrected chi connectivity index (χ0v) is 12.9. The van der Waals surface area contributed by atoms with Crippen LogP contribution in [0.15, 0.2) is 18.2 Å². The van der Waals surface area contributed by atoms with Crippen molar-refractivity contribution in [3.63, 3.8) is 0 Å². The van der Waals surface area contributed by atoms with Crippen molar-refractivity contribution < 1.29 is 14.3 Å². The van der Waals surface area contributed by atoms with Crippen LogP contribution in [0.25, 0.3) is 0 Å². The standard InChI is InChI=1S/C14H17Cl2NO3/c1-9-7-19-10(2)6-17(9)14(18)8-20-13-4-3-11(15)5-12(13)16/h3-5,9-10H,6-8H2,1-2H3. The summed E-state index contributed by atoms with van der Waals surface area (Å²) in [5.74, 6) is 0.386. The Morgan fingerprint density at radius 3 is 2.90 bits per heavy atom. The maximum Gasteiger partial charge on any atom is 0.260 e. The van der Waals surface area contributed by atoms with E-state index in [9.17, 15) is 4.79 Å². The van der Waals surface area contributed by atoms with E-state index < -0.39 is 0 Å². The molecule has 0 radical (unpaired) electrons. The molecule has 1 aliphatic rings. The number of morpholine rings is 1. The summed E-state index contributed by atoms with van der Waals surface area (Å²) in [4.78, 5) is 14.0. The van der Waals surface area contributed by atoms with Crippen LogP contribution in [-0.2, 0) is 9.53 Å². The third kappa shape index (κ3) is 3.78. The zero-order valence-electron chi connectivity index (χ0n) is 11.4. The number of halogens is 2. The van der Waals surface area contributed by atoms with Gasteiger partial charge < -0.3 is 14.4 Å². The monoisotopic (exact) mass is 317 g/mol. The van der Waals surface area contributed by atoms with Crippen LogP contribution in [0.1, 0.15) is 13.8 Å². The summed E-state index contributed by atoms with van der Waals surface area (Å²) in [7, 11) is 0. The molecule has 1 aromatic rings. The maximum atomic E-state index is 12.2. The van der Waals surface area contributed by atoms with Crippen molar-refractivity contribution in [2.24, 2.45) is 0 Å². The van der Waals surface area contributed by atoms with Crippen molar-refractivity contribution in [1.29, 1.82) is 0 Å². The lowest BCUT2D eigenvalue weighted by molar-refractivity contribution is -0.145. The SMILES string of the molecule is CC1CN(C(=O)COc2ccc(Cl)cc2Cl)C(C)CO1. The van der Waals surface area contributed by atoms with Gasteiger partial charge in [-0.2, -0.15) is 0 Å². The Bertz CT molecular complexity index is 495. The Labute approximate surface area is 128 Å². The first-order valence-corrected chi connectivity index (χ1v) is 7.22. The lowest BCUT2D eigenvalue weighted by Gasteiger charge is -2.36. The summed E-state index contributed by atoms with van der Waals surface area (Å²) in [5, 5.41) is 0.929. The second kappa shape index (κ2) is 6.66. The van der Waals surface area contributed by atoms with Crippen molar-refractivity contribution in [2.45, 2.75) is 26.0 Å². The molecule has 2 atom stereocenters. The predicted octanol–water partition coefficient (Wildman–Crippen LogP) is 3.01. The third-order valence-corrected chi connectivity index (χ3v) is 3.70. The van der Waals surface area contributed by atoms with Crippen LogP contribution in [0.2, 0.25) is 10.0 Å². The van der Waals surface area contributed by atoms with Crippen LogP contribution >= 0.6 is 23.2 Å². The minimum absolute atomic E-state index is 0.0432. The number of hydrogen-bond acceptors (Lipinski definition) is 3. The highest BCUT2D eigenvalue weighted by atomic mass is 35.5. The molecule has 0 aromatic heterocycles. The van der Waals surface area contributed by atoms with Crippen LogP contribution in [0.5, 0.6) is 5.75 Å². The second-order valence-corrected chi connectivity index (χ2v) is 5.75. The van der Waals surface area contributed by atoms with Crippen molar-refractivity contribution in [1.82, 2.24) is 4.90 Å². The lowest BCUT2D eigenvalue weighted by atomic mass is 10.2. The number of nitrogens with zero attached hydrogens (tertiary/aromatic N) is 1. The van der Waals surface area contributed by atoms with Crippen molar-refractivity contribution in [3.8, 4) is 5.75 Å². The molecule has 1 aromatic carbocycles. The molecule has 1 amide bonds. The molecule has 0 saturated carbocycles. The lowest BCUT2D eigenvalue weighted by Crippen LogP contribution is -2.51. The van der Waals surface area contributed by atoms with E-state index in [1.807, 2.05) is 13.8 Å². The minimum Gasteiger partial charge on any atom is -0.482 e. The number of amides is 1. The van der Waals surface area contributed by atoms with Crippen LogP contribution in [0, 0.1) is 0 Å². The van der Waals surface area contributed by atoms with Gasteiger partial charge in [0.25, 0.3) is 5.91 Å². The molecule has 0 N–H and O–H groups in total. The van der Waals surface area contributed by atoms with Gasteiger partial charge in [0, 0.05) is 11.6 Å². The van der Waals surface area contributed by atoms with Gasteiger partial charge in [0.2, 0.25) is 0 Å². The number of rotatable bonds is 3. The first-order valence-electron chi connectivity index (χ1n) is 6.46. The number of carbonyl (C=O) groups excluding carboxylic acids is 1. The van der Waals surface area contributed by atoms with E-state index in [1.165, 1.54) is 0 Å². The third-order valence-electron chi connectivity index (χ3n) is 3.17. The molecule has 2 rings (SSSR count). The molecular weight excluding hydrogens is 301 g/mol. The number of hydrogen-bond donors (Lipinski definition) is 0. The molecule has 2 unspecified atom stereocenters. The average molecular weight is 318 g/mol. The molecule has 0 bridgehead atoms. The number of carbonyl (C=O) groups is 1. The average Bonchev–Trinajstić information content (AvgIpc) is 2.40. The van der Waals surface area contributed by atoms with E-state index in [1.54, 1.807) is 23.1 Å². The van der Waals surface area contributed by atoms with E-state index >= 15 is 0 Å². The Hall–Kier alpha value is -0.970. The highest BCUT2D eigenvalue weighted by molar-refractivity contribution is 6.35. The van der Waals surface area contributed by atoms with Gasteiger partial charge in [-0.25, -0.2) is 0 Å². The zero-order chi connectivity index (χ0) is 14.7. The quantitative estimate of drug-likeness (QED) is 0.860. The number of benzene rings is 1. The normalized spacial score (nSPS) is 22.7. The summed E-state index contributed by atoms with van der Waals surface area (Å²) in [6.07, 6.45) is 0.0502. The fraction of sp³-hybridized carbons (Fsp3) is 0.500. The predicted molar refractivity (Wildman–Crippen MR) is 78.5 cm³/mol. The van der Waals surface area contributed by atoms with Gasteiger partial charge >= 0.3 is 0 Å². The first-order chi connectivity index (χ1) is 9.47. The largest absolute Gasteiger partial charge is 0.482 e. The van der Waals surface area contributed by atoms with Gasteiger partial charge in [-0.05, 0) is 32.0 Å². The molecule has 110 valence electrons. The van der Waals surface area contributed by atoms with Gasteiger partial charge in [-0.3, -0.25) is 4.79 Å². The summed E-state index contributed by atoms with van der Waals surface area (Å²) < 4.78 is 11.0. The van der Waals surface area contributed by atoms with E-state index in [0.29, 0.717) is 28.9 Å². The van der Waals surface area contributed by atoms with Crippen molar-refractivity contribution >= 4 is 29.1 Å². The minimum atomic E-state index is -0.0707. The summed E-state index contributed by atoms with van der Waals surface area (Å²) in [5.41, 5.74) is 0. The highest BCUT2D eigenvalue weighted by Gasteiger charge is 2.27. The fourth-order valence-corrected chi connectivity index (χ4v) is 2.53. The Morgan fingerprint density at radius 2 is 2.20 bits per heavy atom. The topological polar surface area (TPSA) is 38.8 Å². The van der Waals surface area contributed by atoms with Crippen LogP contribution in [0.4, 0.5) is 0 Å². The van der Waals surface area contributed by atoms with E-state index in [-0.39, 0.29) is 24.7 Å². The summed E-state index contributed by atoms with van der Waals surface area (Å²) in [6, 6.07) is 4.97. The smallest absolute Gasteiger partial charge is 0.260 e. The van der Waals surface area contributed by atoms with Gasteiger partial charge in [0.1, 0.15) is 5.75 Å². The second-order valence-electron chi connectivity index (χ2n) is 4.90. The molecular formula is C14H17Cl2NO3. The van der Waals surface area contributed by atoms with Gasteiger partial charge in [0.15, 0.2) is 6.61 Å². The van der Waals surface area contributed by atoms with E-state index in [0.717, 1.165) is 0 Å². The molecule has 1 aliphatic heterocycles. The van der Waals surface area contributed by atoms with Crippen LogP contribution < -0.4 is 4.74 Å². The van der Waals surface area contributed by atoms with Gasteiger partial charge in [-0.1, -0.05) is 23.2 Å². The molecule has 20 heavy (non-hydrogen) atoms. The van der Waals surface area contributed by atoms with Crippen LogP contribution in [-0.4, -0.2) is 42.7 Å². The molecule has 1 fully saturated rings. The molecule has 6 heteroatoms. The highest BCUT2D eigenvalue weighted by Crippen LogP contribution is 2.27. The van der Waals surface area contributed by atoms with Crippen LogP contribution in [0.3, 0.4) is 0 Å². The maximum absolute atomic E-state index is 12.2. The van der Waals surface area contributed by atoms with Gasteiger partial charge in [-0.15, -0.1) is 0 Å². The Balaban J connectivity index is 1.94. The number of ether oxygens (including phenoxy) is 2. The van der Waals surface area contributed by atoms with Crippen molar-refractivity contribution in [2.75, 3.05) is 19.8 Å². The summed E-state index contributed by atoms with van der Waals surface area (Å²) in [6.45, 7) is 4.99. The molecule has 4 nitrogen and oxygen atoms in total. The van der Waals surface area contributed by atoms with Crippen molar-refractivity contribution in [3.05, 3.63) is 28.2 Å². The Morgan fingerprint density at radius 1 is 1.45 bits per heavy atom. The van der Waals surface area contributed by atoms with E-state index in [4.69, 9.17) is 32.7 Å². The molecule has 1 saturated heterocycles.